The molecule has 1 N–H and O–H groups in total. The number of halogens is 1. The van der Waals surface area contributed by atoms with Gasteiger partial charge in [0.1, 0.15) is 0 Å². The number of rotatable bonds is 6. The molecule has 0 aliphatic carbocycles. The quantitative estimate of drug-likeness (QED) is 0.350. The van der Waals surface area contributed by atoms with Crippen LogP contribution in [0.2, 0.25) is 5.02 Å². The maximum absolute atomic E-state index is 12.7. The van der Waals surface area contributed by atoms with E-state index in [1.807, 2.05) is 0 Å². The largest absolute Gasteiger partial charge is 0.448 e. The first-order chi connectivity index (χ1) is 14.7. The minimum atomic E-state index is -1.23. The van der Waals surface area contributed by atoms with E-state index < -0.39 is 22.9 Å². The Labute approximate surface area is 180 Å². The van der Waals surface area contributed by atoms with Gasteiger partial charge in [-0.05, 0) is 26.0 Å². The Balaban J connectivity index is 1.81. The number of nitrogens with zero attached hydrogens (tertiary/aromatic N) is 3. The number of carbonyl (C=O) groups is 2. The van der Waals surface area contributed by atoms with Gasteiger partial charge >= 0.3 is 5.97 Å². The minimum Gasteiger partial charge on any atom is -0.448 e. The van der Waals surface area contributed by atoms with Crippen LogP contribution in [-0.2, 0) is 16.1 Å². The van der Waals surface area contributed by atoms with Gasteiger partial charge in [0, 0.05) is 24.1 Å². The molecule has 3 aromatic rings. The van der Waals surface area contributed by atoms with Crippen LogP contribution in [0.1, 0.15) is 24.3 Å². The van der Waals surface area contributed by atoms with E-state index >= 15 is 0 Å². The molecule has 3 rings (SSSR count). The highest BCUT2D eigenvalue weighted by molar-refractivity contribution is 6.34. The van der Waals surface area contributed by atoms with Gasteiger partial charge in [0.25, 0.3) is 17.2 Å². The number of nitro groups is 1. The van der Waals surface area contributed by atoms with Gasteiger partial charge in [-0.2, -0.15) is 5.10 Å². The fourth-order valence-corrected chi connectivity index (χ4v) is 3.05. The Morgan fingerprint density at radius 1 is 1.26 bits per heavy atom. The average Bonchev–Trinajstić information content (AvgIpc) is 2.75. The SMILES string of the molecule is CCn1nc(C(=O)OC(C)C(=O)Nc2ccc([N+](=O)[O-])cc2Cl)c2ccccc2c1=O. The Morgan fingerprint density at radius 3 is 2.55 bits per heavy atom. The van der Waals surface area contributed by atoms with Gasteiger partial charge in [-0.25, -0.2) is 9.48 Å². The molecule has 0 bridgehead atoms. The number of hydrogen-bond acceptors (Lipinski definition) is 7. The average molecular weight is 445 g/mol. The van der Waals surface area contributed by atoms with E-state index in [-0.39, 0.29) is 34.2 Å². The monoisotopic (exact) mass is 444 g/mol. The van der Waals surface area contributed by atoms with Gasteiger partial charge in [0.05, 0.1) is 21.0 Å². The normalized spacial score (nSPS) is 11.7. The minimum absolute atomic E-state index is 0.0382. The summed E-state index contributed by atoms with van der Waals surface area (Å²) in [6, 6.07) is 10.0. The highest BCUT2D eigenvalue weighted by Crippen LogP contribution is 2.27. The third-order valence-electron chi connectivity index (χ3n) is 4.44. The molecule has 1 atom stereocenters. The van der Waals surface area contributed by atoms with Crippen LogP contribution in [0, 0.1) is 10.1 Å². The number of amides is 1. The standard InChI is InChI=1S/C20H17ClN4O6/c1-3-24-19(27)14-7-5-4-6-13(14)17(23-24)20(28)31-11(2)18(26)22-16-9-8-12(25(29)30)10-15(16)21/h4-11H,3H2,1-2H3,(H,22,26). The molecule has 0 radical (unpaired) electrons. The first kappa shape index (κ1) is 21.9. The maximum Gasteiger partial charge on any atom is 0.360 e. The summed E-state index contributed by atoms with van der Waals surface area (Å²) in [5, 5.41) is 17.9. The number of carbonyl (C=O) groups excluding carboxylic acids is 2. The van der Waals surface area contributed by atoms with Crippen LogP contribution in [-0.4, -0.2) is 32.7 Å². The molecule has 1 aromatic heterocycles. The van der Waals surface area contributed by atoms with E-state index in [4.69, 9.17) is 16.3 Å². The molecule has 10 nitrogen and oxygen atoms in total. The third kappa shape index (κ3) is 4.53. The molecule has 0 spiro atoms. The van der Waals surface area contributed by atoms with Crippen molar-refractivity contribution in [3.05, 3.63) is 73.6 Å². The van der Waals surface area contributed by atoms with Crippen LogP contribution in [0.3, 0.4) is 0 Å². The zero-order chi connectivity index (χ0) is 22.7. The lowest BCUT2D eigenvalue weighted by Crippen LogP contribution is -2.32. The second-order valence-corrected chi connectivity index (χ2v) is 6.88. The van der Waals surface area contributed by atoms with Crippen molar-refractivity contribution in [3.8, 4) is 0 Å². The number of nitrogens with one attached hydrogen (secondary N) is 1. The van der Waals surface area contributed by atoms with Crippen LogP contribution in [0.4, 0.5) is 11.4 Å². The second kappa shape index (κ2) is 8.92. The van der Waals surface area contributed by atoms with E-state index in [0.717, 1.165) is 10.7 Å². The van der Waals surface area contributed by atoms with E-state index in [1.165, 1.54) is 19.1 Å². The van der Waals surface area contributed by atoms with E-state index in [0.29, 0.717) is 10.8 Å². The molecule has 31 heavy (non-hydrogen) atoms. The van der Waals surface area contributed by atoms with E-state index in [9.17, 15) is 24.5 Å². The Kier molecular flexibility index (Phi) is 6.30. The van der Waals surface area contributed by atoms with Crippen molar-refractivity contribution in [2.45, 2.75) is 26.5 Å². The summed E-state index contributed by atoms with van der Waals surface area (Å²) in [5.41, 5.74) is -0.534. The number of esters is 1. The zero-order valence-corrected chi connectivity index (χ0v) is 17.3. The van der Waals surface area contributed by atoms with Gasteiger partial charge in [0.2, 0.25) is 0 Å². The lowest BCUT2D eigenvalue weighted by molar-refractivity contribution is -0.384. The molecule has 1 heterocycles. The lowest BCUT2D eigenvalue weighted by Gasteiger charge is -2.15. The number of anilines is 1. The number of hydrogen-bond donors (Lipinski definition) is 1. The van der Waals surface area contributed by atoms with Crippen molar-refractivity contribution in [1.82, 2.24) is 9.78 Å². The predicted molar refractivity (Wildman–Crippen MR) is 113 cm³/mol. The Morgan fingerprint density at radius 2 is 1.94 bits per heavy atom. The number of ether oxygens (including phenoxy) is 1. The molecule has 160 valence electrons. The summed E-state index contributed by atoms with van der Waals surface area (Å²) in [6.07, 6.45) is -1.23. The predicted octanol–water partition coefficient (Wildman–Crippen LogP) is 3.16. The third-order valence-corrected chi connectivity index (χ3v) is 4.75. The number of fused-ring (bicyclic) bond motifs is 1. The smallest absolute Gasteiger partial charge is 0.360 e. The first-order valence-electron chi connectivity index (χ1n) is 9.18. The lowest BCUT2D eigenvalue weighted by atomic mass is 10.1. The molecule has 0 aliphatic rings. The molecular formula is C20H17ClN4O6. The van der Waals surface area contributed by atoms with Crippen LogP contribution in [0.5, 0.6) is 0 Å². The molecular weight excluding hydrogens is 428 g/mol. The molecule has 0 fully saturated rings. The van der Waals surface area contributed by atoms with E-state index in [1.54, 1.807) is 31.2 Å². The molecule has 11 heteroatoms. The van der Waals surface area contributed by atoms with Gasteiger partial charge in [-0.1, -0.05) is 29.8 Å². The maximum atomic E-state index is 12.7. The summed E-state index contributed by atoms with van der Waals surface area (Å²) in [5.74, 6) is -1.58. The fraction of sp³-hybridized carbons (Fsp3) is 0.200. The number of nitro benzene ring substituents is 1. The van der Waals surface area contributed by atoms with Crippen molar-refractivity contribution in [1.29, 1.82) is 0 Å². The van der Waals surface area contributed by atoms with Gasteiger partial charge in [-0.3, -0.25) is 19.7 Å². The summed E-state index contributed by atoms with van der Waals surface area (Å²) in [7, 11) is 0. The fourth-order valence-electron chi connectivity index (χ4n) is 2.82. The highest BCUT2D eigenvalue weighted by Gasteiger charge is 2.24. The van der Waals surface area contributed by atoms with Crippen molar-refractivity contribution in [3.63, 3.8) is 0 Å². The second-order valence-electron chi connectivity index (χ2n) is 6.47. The van der Waals surface area contributed by atoms with Crippen LogP contribution >= 0.6 is 11.6 Å². The van der Waals surface area contributed by atoms with E-state index in [2.05, 4.69) is 10.4 Å². The van der Waals surface area contributed by atoms with Crippen LogP contribution in [0.15, 0.2) is 47.3 Å². The summed E-state index contributed by atoms with van der Waals surface area (Å²) in [6.45, 7) is 3.31. The highest BCUT2D eigenvalue weighted by atomic mass is 35.5. The number of aromatic nitrogens is 2. The number of benzene rings is 2. The van der Waals surface area contributed by atoms with Crippen molar-refractivity contribution >= 4 is 45.6 Å². The molecule has 0 saturated carbocycles. The van der Waals surface area contributed by atoms with Crippen molar-refractivity contribution < 1.29 is 19.2 Å². The summed E-state index contributed by atoms with van der Waals surface area (Å²) in [4.78, 5) is 47.7. The van der Waals surface area contributed by atoms with Gasteiger partial charge in [-0.15, -0.1) is 0 Å². The number of non-ortho nitro benzene ring substituents is 1. The molecule has 1 amide bonds. The molecule has 0 saturated heterocycles. The molecule has 2 aromatic carbocycles. The topological polar surface area (TPSA) is 133 Å². The van der Waals surface area contributed by atoms with Crippen molar-refractivity contribution in [2.75, 3.05) is 5.32 Å². The first-order valence-corrected chi connectivity index (χ1v) is 9.56. The van der Waals surface area contributed by atoms with Gasteiger partial charge in [0.15, 0.2) is 11.8 Å². The molecule has 1 unspecified atom stereocenters. The van der Waals surface area contributed by atoms with Gasteiger partial charge < -0.3 is 10.1 Å². The summed E-state index contributed by atoms with van der Waals surface area (Å²) < 4.78 is 6.38. The Bertz CT molecular complexity index is 1260. The Hall–Kier alpha value is -3.79. The zero-order valence-electron chi connectivity index (χ0n) is 16.5. The summed E-state index contributed by atoms with van der Waals surface area (Å²) >= 11 is 5.97. The van der Waals surface area contributed by atoms with Crippen molar-refractivity contribution in [2.24, 2.45) is 0 Å². The van der Waals surface area contributed by atoms with Crippen LogP contribution < -0.4 is 10.9 Å². The number of aryl methyl sites for hydroxylation is 1. The molecule has 0 aliphatic heterocycles. The van der Waals surface area contributed by atoms with Crippen LogP contribution in [0.25, 0.3) is 10.8 Å².